The van der Waals surface area contributed by atoms with E-state index < -0.39 is 5.97 Å². The number of hydrogen-bond donors (Lipinski definition) is 2. The zero-order valence-electron chi connectivity index (χ0n) is 16.8. The van der Waals surface area contributed by atoms with E-state index in [1.165, 1.54) is 12.0 Å². The molecule has 1 aliphatic heterocycles. The first-order valence-corrected chi connectivity index (χ1v) is 10.6. The molecule has 0 radical (unpaired) electrons. The number of hydrogen-bond acceptors (Lipinski definition) is 3. The molecule has 0 bridgehead atoms. The second-order valence-electron chi connectivity index (χ2n) is 8.30. The number of aliphatic carboxylic acids is 1. The van der Waals surface area contributed by atoms with Crippen molar-refractivity contribution in [1.29, 1.82) is 0 Å². The molecule has 6 heteroatoms. The Morgan fingerprint density at radius 3 is 2.64 bits per heavy atom. The fourth-order valence-corrected chi connectivity index (χ4v) is 4.68. The molecule has 1 aromatic rings. The highest BCUT2D eigenvalue weighted by Crippen LogP contribution is 2.32. The summed E-state index contributed by atoms with van der Waals surface area (Å²) in [5, 5.41) is 12.3. The number of nitrogens with zero attached hydrogens (tertiary/aromatic N) is 2. The molecular formula is C22H33N3O3. The van der Waals surface area contributed by atoms with Crippen LogP contribution in [0.25, 0.3) is 0 Å². The lowest BCUT2D eigenvalue weighted by Crippen LogP contribution is -2.46. The van der Waals surface area contributed by atoms with Crippen molar-refractivity contribution >= 4 is 12.0 Å². The number of carboxylic acids is 1. The van der Waals surface area contributed by atoms with E-state index in [1.54, 1.807) is 0 Å². The first kappa shape index (κ1) is 20.6. The maximum absolute atomic E-state index is 12.8. The van der Waals surface area contributed by atoms with Gasteiger partial charge in [0.2, 0.25) is 0 Å². The highest BCUT2D eigenvalue weighted by Gasteiger charge is 2.28. The Morgan fingerprint density at radius 2 is 1.89 bits per heavy atom. The molecule has 0 spiro atoms. The summed E-state index contributed by atoms with van der Waals surface area (Å²) in [4.78, 5) is 27.6. The number of carboxylic acid groups (broad SMARTS) is 1. The summed E-state index contributed by atoms with van der Waals surface area (Å²) in [6.45, 7) is 1.49. The molecule has 2 N–H and O–H groups in total. The van der Waals surface area contributed by atoms with Crippen molar-refractivity contribution in [2.75, 3.05) is 26.7 Å². The summed E-state index contributed by atoms with van der Waals surface area (Å²) in [6.07, 6.45) is 7.08. The average Bonchev–Trinajstić information content (AvgIpc) is 2.95. The molecule has 2 aliphatic rings. The van der Waals surface area contributed by atoms with E-state index in [4.69, 9.17) is 5.11 Å². The second kappa shape index (κ2) is 9.92. The van der Waals surface area contributed by atoms with E-state index in [9.17, 15) is 9.59 Å². The van der Waals surface area contributed by atoms with Gasteiger partial charge in [-0.25, -0.2) is 4.79 Å². The summed E-state index contributed by atoms with van der Waals surface area (Å²) >= 11 is 0. The maximum Gasteiger partial charge on any atom is 0.317 e. The van der Waals surface area contributed by atoms with Gasteiger partial charge in [0.25, 0.3) is 0 Å². The molecule has 154 valence electrons. The van der Waals surface area contributed by atoms with E-state index in [1.807, 2.05) is 22.9 Å². The monoisotopic (exact) mass is 387 g/mol. The van der Waals surface area contributed by atoms with Crippen LogP contribution in [0.15, 0.2) is 30.3 Å². The van der Waals surface area contributed by atoms with Crippen molar-refractivity contribution in [3.05, 3.63) is 35.9 Å². The quantitative estimate of drug-likeness (QED) is 0.813. The summed E-state index contributed by atoms with van der Waals surface area (Å²) in [7, 11) is 1.86. The highest BCUT2D eigenvalue weighted by molar-refractivity contribution is 5.74. The van der Waals surface area contributed by atoms with Crippen LogP contribution in [-0.4, -0.2) is 65.7 Å². The number of carbonyl (C=O) groups is 2. The van der Waals surface area contributed by atoms with Crippen LogP contribution in [0.3, 0.4) is 0 Å². The Labute approximate surface area is 167 Å². The molecule has 2 amide bonds. The number of carbonyl (C=O) groups excluding carboxylic acids is 1. The Balaban J connectivity index is 1.49. The van der Waals surface area contributed by atoms with Crippen LogP contribution in [0.4, 0.5) is 4.79 Å². The standard InChI is InChI=1S/C22H33N3O3/c1-24(16-21(26)27)20-11-6-13-25(14-12-20)22(28)23-19-10-5-9-18(15-19)17-7-3-2-4-8-17/h2-4,7-8,18-20H,5-6,9-16H2,1H3,(H,23,28)(H,26,27). The lowest BCUT2D eigenvalue weighted by molar-refractivity contribution is -0.138. The van der Waals surface area contributed by atoms with Crippen molar-refractivity contribution < 1.29 is 14.7 Å². The molecule has 3 rings (SSSR count). The molecule has 3 unspecified atom stereocenters. The molecule has 1 saturated carbocycles. The number of benzene rings is 1. The van der Waals surface area contributed by atoms with Crippen molar-refractivity contribution in [3.63, 3.8) is 0 Å². The van der Waals surface area contributed by atoms with Crippen LogP contribution in [0.1, 0.15) is 56.4 Å². The third kappa shape index (κ3) is 5.71. The molecule has 1 heterocycles. The van der Waals surface area contributed by atoms with Gasteiger partial charge in [0, 0.05) is 25.2 Å². The largest absolute Gasteiger partial charge is 0.480 e. The number of amides is 2. The van der Waals surface area contributed by atoms with Gasteiger partial charge in [-0.2, -0.15) is 0 Å². The average molecular weight is 388 g/mol. The lowest BCUT2D eigenvalue weighted by Gasteiger charge is -2.32. The third-order valence-corrected chi connectivity index (χ3v) is 6.27. The van der Waals surface area contributed by atoms with Crippen molar-refractivity contribution in [1.82, 2.24) is 15.1 Å². The van der Waals surface area contributed by atoms with Gasteiger partial charge in [-0.1, -0.05) is 36.8 Å². The van der Waals surface area contributed by atoms with Crippen LogP contribution in [0, 0.1) is 0 Å². The Kier molecular flexibility index (Phi) is 7.31. The van der Waals surface area contributed by atoms with E-state index in [0.29, 0.717) is 12.5 Å². The van der Waals surface area contributed by atoms with Crippen LogP contribution < -0.4 is 5.32 Å². The molecule has 1 aliphatic carbocycles. The molecular weight excluding hydrogens is 354 g/mol. The van der Waals surface area contributed by atoms with Gasteiger partial charge in [-0.3, -0.25) is 9.69 Å². The zero-order valence-corrected chi connectivity index (χ0v) is 16.8. The number of likely N-dealkylation sites (N-methyl/N-ethyl adjacent to an activating group) is 1. The normalized spacial score (nSPS) is 25.9. The van der Waals surface area contributed by atoms with Crippen LogP contribution in [0.2, 0.25) is 0 Å². The molecule has 0 aromatic heterocycles. The Hall–Kier alpha value is -2.08. The van der Waals surface area contributed by atoms with Gasteiger partial charge in [-0.05, 0) is 57.1 Å². The summed E-state index contributed by atoms with van der Waals surface area (Å²) in [6, 6.07) is 11.1. The van der Waals surface area contributed by atoms with Crippen molar-refractivity contribution in [2.24, 2.45) is 0 Å². The van der Waals surface area contributed by atoms with Gasteiger partial charge in [0.1, 0.15) is 0 Å². The van der Waals surface area contributed by atoms with Gasteiger partial charge < -0.3 is 15.3 Å². The molecule has 1 aromatic carbocycles. The van der Waals surface area contributed by atoms with Gasteiger partial charge >= 0.3 is 12.0 Å². The van der Waals surface area contributed by atoms with E-state index >= 15 is 0 Å². The molecule has 3 atom stereocenters. The van der Waals surface area contributed by atoms with E-state index in [0.717, 1.165) is 45.1 Å². The van der Waals surface area contributed by atoms with Crippen LogP contribution >= 0.6 is 0 Å². The second-order valence-corrected chi connectivity index (χ2v) is 8.30. The maximum atomic E-state index is 12.8. The van der Waals surface area contributed by atoms with Crippen molar-refractivity contribution in [2.45, 2.75) is 62.9 Å². The summed E-state index contributed by atoms with van der Waals surface area (Å²) in [5.74, 6) is -0.273. The SMILES string of the molecule is CN(CC(=O)O)C1CCCN(C(=O)NC2CCCC(c3ccccc3)C2)CC1. The Morgan fingerprint density at radius 1 is 1.11 bits per heavy atom. The first-order valence-electron chi connectivity index (χ1n) is 10.6. The topological polar surface area (TPSA) is 72.9 Å². The molecule has 6 nitrogen and oxygen atoms in total. The number of rotatable bonds is 5. The Bertz CT molecular complexity index is 652. The van der Waals surface area contributed by atoms with E-state index in [-0.39, 0.29) is 24.7 Å². The minimum absolute atomic E-state index is 0.0419. The lowest BCUT2D eigenvalue weighted by atomic mass is 9.81. The summed E-state index contributed by atoms with van der Waals surface area (Å²) in [5.41, 5.74) is 1.38. The predicted octanol–water partition coefficient (Wildman–Crippen LogP) is 3.29. The number of urea groups is 1. The van der Waals surface area contributed by atoms with Gasteiger partial charge in [0.15, 0.2) is 0 Å². The molecule has 1 saturated heterocycles. The molecule has 2 fully saturated rings. The first-order chi connectivity index (χ1) is 13.5. The van der Waals surface area contributed by atoms with Crippen LogP contribution in [0.5, 0.6) is 0 Å². The summed E-state index contributed by atoms with van der Waals surface area (Å²) < 4.78 is 0. The number of likely N-dealkylation sites (tertiary alicyclic amines) is 1. The smallest absolute Gasteiger partial charge is 0.317 e. The minimum Gasteiger partial charge on any atom is -0.480 e. The van der Waals surface area contributed by atoms with Crippen LogP contribution in [-0.2, 0) is 4.79 Å². The van der Waals surface area contributed by atoms with Gasteiger partial charge in [0.05, 0.1) is 6.54 Å². The van der Waals surface area contributed by atoms with E-state index in [2.05, 4.69) is 29.6 Å². The highest BCUT2D eigenvalue weighted by atomic mass is 16.4. The van der Waals surface area contributed by atoms with Crippen molar-refractivity contribution in [3.8, 4) is 0 Å². The minimum atomic E-state index is -0.799. The fourth-order valence-electron chi connectivity index (χ4n) is 4.68. The fraction of sp³-hybridized carbons (Fsp3) is 0.636. The number of nitrogens with one attached hydrogen (secondary N) is 1. The predicted molar refractivity (Wildman–Crippen MR) is 109 cm³/mol. The molecule has 28 heavy (non-hydrogen) atoms. The zero-order chi connectivity index (χ0) is 19.9. The van der Waals surface area contributed by atoms with Gasteiger partial charge in [-0.15, -0.1) is 0 Å². The third-order valence-electron chi connectivity index (χ3n) is 6.27.